The summed E-state index contributed by atoms with van der Waals surface area (Å²) in [7, 11) is -3.55. The third-order valence-corrected chi connectivity index (χ3v) is 6.24. The normalized spacial score (nSPS) is 19.8. The standard InChI is InChI=1S/C13H18FNO2S2/c1-9-5-12(14)6-10(2)13(9)19(16,17)15-7-11-3-4-18-8-11/h5-6,11,15H,3-4,7-8H2,1-2H3. The number of benzene rings is 1. The number of thioether (sulfide) groups is 1. The number of sulfonamides is 1. The summed E-state index contributed by atoms with van der Waals surface area (Å²) in [4.78, 5) is 0.208. The molecule has 0 saturated carbocycles. The maximum atomic E-state index is 13.2. The Labute approximate surface area is 118 Å². The molecule has 0 spiro atoms. The van der Waals surface area contributed by atoms with Crippen molar-refractivity contribution in [1.29, 1.82) is 0 Å². The monoisotopic (exact) mass is 303 g/mol. The quantitative estimate of drug-likeness (QED) is 0.929. The van der Waals surface area contributed by atoms with Gasteiger partial charge in [0.05, 0.1) is 4.90 Å². The molecule has 19 heavy (non-hydrogen) atoms. The van der Waals surface area contributed by atoms with Crippen LogP contribution in [0.4, 0.5) is 4.39 Å². The summed E-state index contributed by atoms with van der Waals surface area (Å²) in [6.07, 6.45) is 1.05. The number of halogens is 1. The van der Waals surface area contributed by atoms with E-state index < -0.39 is 15.8 Å². The number of hydrogen-bond donors (Lipinski definition) is 1. The predicted molar refractivity (Wildman–Crippen MR) is 76.5 cm³/mol. The van der Waals surface area contributed by atoms with Crippen molar-refractivity contribution in [2.45, 2.75) is 25.2 Å². The van der Waals surface area contributed by atoms with Gasteiger partial charge in [0, 0.05) is 6.54 Å². The lowest BCUT2D eigenvalue weighted by molar-refractivity contribution is 0.544. The summed E-state index contributed by atoms with van der Waals surface area (Å²) in [5.74, 6) is 2.10. The molecule has 1 aliphatic rings. The van der Waals surface area contributed by atoms with Crippen molar-refractivity contribution in [3.8, 4) is 0 Å². The van der Waals surface area contributed by atoms with Gasteiger partial charge in [0.1, 0.15) is 5.82 Å². The van der Waals surface area contributed by atoms with Crippen LogP contribution in [0.1, 0.15) is 17.5 Å². The third kappa shape index (κ3) is 3.49. The molecule has 0 amide bonds. The summed E-state index contributed by atoms with van der Waals surface area (Å²) in [5.41, 5.74) is 0.900. The Morgan fingerprint density at radius 3 is 2.53 bits per heavy atom. The van der Waals surface area contributed by atoms with E-state index >= 15 is 0 Å². The Hall–Kier alpha value is -0.590. The van der Waals surface area contributed by atoms with Crippen LogP contribution in [0, 0.1) is 25.6 Å². The minimum Gasteiger partial charge on any atom is -0.211 e. The average molecular weight is 303 g/mol. The molecule has 1 atom stereocenters. The van der Waals surface area contributed by atoms with E-state index in [1.807, 2.05) is 11.8 Å². The summed E-state index contributed by atoms with van der Waals surface area (Å²) >= 11 is 1.85. The minimum absolute atomic E-state index is 0.208. The van der Waals surface area contributed by atoms with Crippen molar-refractivity contribution in [2.24, 2.45) is 5.92 Å². The molecule has 106 valence electrons. The van der Waals surface area contributed by atoms with Crippen LogP contribution in [0.5, 0.6) is 0 Å². The number of hydrogen-bond acceptors (Lipinski definition) is 3. The van der Waals surface area contributed by atoms with Gasteiger partial charge in [-0.15, -0.1) is 0 Å². The van der Waals surface area contributed by atoms with Crippen molar-refractivity contribution in [3.63, 3.8) is 0 Å². The van der Waals surface area contributed by atoms with Crippen LogP contribution in [0.3, 0.4) is 0 Å². The Kier molecular flexibility index (Phi) is 4.53. The van der Waals surface area contributed by atoms with E-state index in [4.69, 9.17) is 0 Å². The van der Waals surface area contributed by atoms with Gasteiger partial charge in [-0.3, -0.25) is 0 Å². The fraction of sp³-hybridized carbons (Fsp3) is 0.538. The van der Waals surface area contributed by atoms with Crippen molar-refractivity contribution < 1.29 is 12.8 Å². The number of nitrogens with one attached hydrogen (secondary N) is 1. The van der Waals surface area contributed by atoms with Crippen LogP contribution in [-0.4, -0.2) is 26.5 Å². The van der Waals surface area contributed by atoms with E-state index in [0.29, 0.717) is 23.6 Å². The van der Waals surface area contributed by atoms with Gasteiger partial charge < -0.3 is 0 Å². The highest BCUT2D eigenvalue weighted by Gasteiger charge is 2.23. The smallest absolute Gasteiger partial charge is 0.211 e. The minimum atomic E-state index is -3.55. The molecule has 0 bridgehead atoms. The van der Waals surface area contributed by atoms with Crippen LogP contribution in [0.15, 0.2) is 17.0 Å². The van der Waals surface area contributed by atoms with Crippen LogP contribution in [0.2, 0.25) is 0 Å². The maximum absolute atomic E-state index is 13.2. The maximum Gasteiger partial charge on any atom is 0.241 e. The van der Waals surface area contributed by atoms with Gasteiger partial charge >= 0.3 is 0 Å². The molecule has 1 aromatic carbocycles. The van der Waals surface area contributed by atoms with Crippen molar-refractivity contribution >= 4 is 21.8 Å². The molecule has 1 heterocycles. The van der Waals surface area contributed by atoms with Crippen molar-refractivity contribution in [2.75, 3.05) is 18.1 Å². The van der Waals surface area contributed by atoms with Crippen LogP contribution < -0.4 is 4.72 Å². The molecular formula is C13H18FNO2S2. The van der Waals surface area contributed by atoms with Crippen molar-refractivity contribution in [1.82, 2.24) is 4.72 Å². The Morgan fingerprint density at radius 1 is 1.37 bits per heavy atom. The first-order valence-corrected chi connectivity index (χ1v) is 8.88. The number of rotatable bonds is 4. The van der Waals surface area contributed by atoms with E-state index in [2.05, 4.69) is 4.72 Å². The number of aryl methyl sites for hydroxylation is 2. The van der Waals surface area contributed by atoms with E-state index in [1.165, 1.54) is 12.1 Å². The fourth-order valence-electron chi connectivity index (χ4n) is 2.37. The molecule has 0 aliphatic carbocycles. The Bertz CT molecular complexity index is 543. The lowest BCUT2D eigenvalue weighted by atomic mass is 10.1. The zero-order valence-corrected chi connectivity index (χ0v) is 12.7. The summed E-state index contributed by atoms with van der Waals surface area (Å²) in [6.45, 7) is 3.71. The predicted octanol–water partition coefficient (Wildman–Crippen LogP) is 2.47. The van der Waals surface area contributed by atoms with Crippen LogP contribution >= 0.6 is 11.8 Å². The van der Waals surface area contributed by atoms with Gasteiger partial charge in [-0.2, -0.15) is 11.8 Å². The zero-order chi connectivity index (χ0) is 14.0. The van der Waals surface area contributed by atoms with Crippen molar-refractivity contribution in [3.05, 3.63) is 29.1 Å². The van der Waals surface area contributed by atoms with E-state index in [-0.39, 0.29) is 4.90 Å². The molecule has 1 aliphatic heterocycles. The SMILES string of the molecule is Cc1cc(F)cc(C)c1S(=O)(=O)NCC1CCSC1. The van der Waals surface area contributed by atoms with Gasteiger partial charge in [-0.05, 0) is 61.0 Å². The molecule has 6 heteroatoms. The molecule has 1 N–H and O–H groups in total. The summed E-state index contributed by atoms with van der Waals surface area (Å²) in [6, 6.07) is 2.51. The van der Waals surface area contributed by atoms with Crippen LogP contribution in [-0.2, 0) is 10.0 Å². The second-order valence-corrected chi connectivity index (χ2v) is 7.80. The molecule has 0 radical (unpaired) electrons. The summed E-state index contributed by atoms with van der Waals surface area (Å²) < 4.78 is 40.5. The Morgan fingerprint density at radius 2 is 2.00 bits per heavy atom. The molecule has 1 unspecified atom stereocenters. The molecular weight excluding hydrogens is 285 g/mol. The largest absolute Gasteiger partial charge is 0.241 e. The highest BCUT2D eigenvalue weighted by Crippen LogP contribution is 2.24. The first-order valence-electron chi connectivity index (χ1n) is 6.24. The van der Waals surface area contributed by atoms with E-state index in [1.54, 1.807) is 13.8 Å². The second-order valence-electron chi connectivity index (χ2n) is 4.95. The third-order valence-electron chi connectivity index (χ3n) is 3.28. The molecule has 0 aromatic heterocycles. The summed E-state index contributed by atoms with van der Waals surface area (Å²) in [5, 5.41) is 0. The van der Waals surface area contributed by atoms with Gasteiger partial charge in [0.15, 0.2) is 0 Å². The molecule has 1 fully saturated rings. The lowest BCUT2D eigenvalue weighted by Crippen LogP contribution is -2.30. The van der Waals surface area contributed by atoms with Crippen LogP contribution in [0.25, 0.3) is 0 Å². The van der Waals surface area contributed by atoms with Gasteiger partial charge in [0.2, 0.25) is 10.0 Å². The van der Waals surface area contributed by atoms with Gasteiger partial charge in [0.25, 0.3) is 0 Å². The first kappa shape index (κ1) is 14.8. The average Bonchev–Trinajstić information content (AvgIpc) is 2.77. The zero-order valence-electron chi connectivity index (χ0n) is 11.1. The van der Waals surface area contributed by atoms with Gasteiger partial charge in [-0.1, -0.05) is 0 Å². The van der Waals surface area contributed by atoms with E-state index in [0.717, 1.165) is 17.9 Å². The molecule has 2 rings (SSSR count). The molecule has 1 aromatic rings. The topological polar surface area (TPSA) is 46.2 Å². The van der Waals surface area contributed by atoms with E-state index in [9.17, 15) is 12.8 Å². The lowest BCUT2D eigenvalue weighted by Gasteiger charge is -2.14. The Balaban J connectivity index is 2.19. The fourth-order valence-corrected chi connectivity index (χ4v) is 5.21. The van der Waals surface area contributed by atoms with Gasteiger partial charge in [-0.25, -0.2) is 17.5 Å². The first-order chi connectivity index (χ1) is 8.90. The second kappa shape index (κ2) is 5.81. The highest BCUT2D eigenvalue weighted by molar-refractivity contribution is 7.99. The highest BCUT2D eigenvalue weighted by atomic mass is 32.2. The molecule has 1 saturated heterocycles. The molecule has 3 nitrogen and oxygen atoms in total.